The predicted octanol–water partition coefficient (Wildman–Crippen LogP) is 1.46. The van der Waals surface area contributed by atoms with Crippen molar-refractivity contribution in [3.63, 3.8) is 0 Å². The van der Waals surface area contributed by atoms with Crippen LogP contribution in [-0.4, -0.2) is 42.0 Å². The second kappa shape index (κ2) is 8.31. The lowest BCUT2D eigenvalue weighted by Gasteiger charge is -2.14. The molecule has 1 heterocycles. The zero-order valence-corrected chi connectivity index (χ0v) is 12.1. The lowest BCUT2D eigenvalue weighted by Crippen LogP contribution is -2.37. The van der Waals surface area contributed by atoms with E-state index >= 15 is 0 Å². The second-order valence-corrected chi connectivity index (χ2v) is 5.35. The molecule has 0 radical (unpaired) electrons. The van der Waals surface area contributed by atoms with E-state index in [4.69, 9.17) is 16.7 Å². The number of carbonyl (C=O) groups is 2. The summed E-state index contributed by atoms with van der Waals surface area (Å²) in [6, 6.07) is 3.71. The van der Waals surface area contributed by atoms with Crippen molar-refractivity contribution in [1.29, 1.82) is 0 Å². The van der Waals surface area contributed by atoms with Crippen LogP contribution < -0.4 is 5.32 Å². The Balaban J connectivity index is 0.00000289. The number of carboxylic acid groups (broad SMARTS) is 1. The number of amides is 1. The van der Waals surface area contributed by atoms with Crippen LogP contribution in [0.4, 0.5) is 0 Å². The Bertz CT molecular complexity index is 412. The van der Waals surface area contributed by atoms with Gasteiger partial charge in [-0.15, -0.1) is 23.7 Å². The first-order chi connectivity index (χ1) is 7.97. The maximum atomic E-state index is 11.3. The minimum absolute atomic E-state index is 0. The van der Waals surface area contributed by atoms with E-state index in [1.807, 2.05) is 6.07 Å². The molecule has 0 atom stereocenters. The van der Waals surface area contributed by atoms with Crippen LogP contribution in [0.2, 0.25) is 4.34 Å². The van der Waals surface area contributed by atoms with Gasteiger partial charge >= 0.3 is 5.97 Å². The fourth-order valence-corrected chi connectivity index (χ4v) is 2.40. The van der Waals surface area contributed by atoms with Crippen LogP contribution in [0.15, 0.2) is 12.1 Å². The quantitative estimate of drug-likeness (QED) is 0.834. The fourth-order valence-electron chi connectivity index (χ4n) is 1.23. The molecular weight excluding hydrogens is 299 g/mol. The number of halogens is 2. The molecule has 0 aliphatic carbocycles. The number of carbonyl (C=O) groups excluding carboxylic acids is 1. The highest BCUT2D eigenvalue weighted by atomic mass is 35.5. The Morgan fingerprint density at radius 1 is 1.50 bits per heavy atom. The highest BCUT2D eigenvalue weighted by Crippen LogP contribution is 2.22. The zero-order chi connectivity index (χ0) is 12.8. The van der Waals surface area contributed by atoms with E-state index in [0.717, 1.165) is 4.88 Å². The van der Waals surface area contributed by atoms with Gasteiger partial charge in [0.1, 0.15) is 6.54 Å². The summed E-state index contributed by atoms with van der Waals surface area (Å²) in [5.74, 6) is -1.36. The van der Waals surface area contributed by atoms with Crippen molar-refractivity contribution < 1.29 is 14.7 Å². The minimum atomic E-state index is -1.05. The lowest BCUT2D eigenvalue weighted by atomic mass is 10.4. The molecule has 102 valence electrons. The van der Waals surface area contributed by atoms with Crippen molar-refractivity contribution in [2.24, 2.45) is 0 Å². The zero-order valence-electron chi connectivity index (χ0n) is 9.68. The van der Waals surface area contributed by atoms with Gasteiger partial charge in [0.25, 0.3) is 0 Å². The highest BCUT2D eigenvalue weighted by Gasteiger charge is 2.09. The third-order valence-electron chi connectivity index (χ3n) is 1.90. The molecule has 0 saturated heterocycles. The van der Waals surface area contributed by atoms with Crippen LogP contribution in [-0.2, 0) is 16.1 Å². The number of rotatable bonds is 6. The van der Waals surface area contributed by atoms with Gasteiger partial charge in [-0.25, -0.2) is 0 Å². The van der Waals surface area contributed by atoms with E-state index in [1.165, 1.54) is 11.3 Å². The molecule has 18 heavy (non-hydrogen) atoms. The maximum absolute atomic E-state index is 11.3. The number of thiophene rings is 1. The Hall–Kier alpha value is -0.820. The van der Waals surface area contributed by atoms with E-state index in [2.05, 4.69) is 5.32 Å². The van der Waals surface area contributed by atoms with Gasteiger partial charge in [0.15, 0.2) is 0 Å². The number of aliphatic carboxylic acids is 1. The maximum Gasteiger partial charge on any atom is 0.322 e. The van der Waals surface area contributed by atoms with Crippen LogP contribution >= 0.6 is 35.3 Å². The van der Waals surface area contributed by atoms with Crippen LogP contribution in [0.3, 0.4) is 0 Å². The molecule has 0 fully saturated rings. The molecule has 0 aliphatic heterocycles. The van der Waals surface area contributed by atoms with Gasteiger partial charge in [-0.2, -0.15) is 0 Å². The largest absolute Gasteiger partial charge is 0.480 e. The van der Waals surface area contributed by atoms with E-state index < -0.39 is 5.97 Å². The standard InChI is InChI=1S/C10H13ClN2O3S.ClH/c1-13(5-7-2-3-8(11)17-7)6-9(14)12-4-10(15)16;/h2-3H,4-6H2,1H3,(H,12,14)(H,15,16);1H. The summed E-state index contributed by atoms with van der Waals surface area (Å²) in [4.78, 5) is 24.4. The smallest absolute Gasteiger partial charge is 0.322 e. The van der Waals surface area contributed by atoms with E-state index in [-0.39, 0.29) is 31.4 Å². The van der Waals surface area contributed by atoms with Gasteiger partial charge in [0.05, 0.1) is 10.9 Å². The molecule has 0 spiro atoms. The molecule has 1 aromatic heterocycles. The van der Waals surface area contributed by atoms with Crippen molar-refractivity contribution in [2.75, 3.05) is 20.1 Å². The Morgan fingerprint density at radius 3 is 2.67 bits per heavy atom. The lowest BCUT2D eigenvalue weighted by molar-refractivity contribution is -0.138. The first-order valence-electron chi connectivity index (χ1n) is 4.88. The van der Waals surface area contributed by atoms with Crippen LogP contribution in [0.1, 0.15) is 4.88 Å². The number of hydrogen-bond donors (Lipinski definition) is 2. The third-order valence-corrected chi connectivity index (χ3v) is 3.12. The van der Waals surface area contributed by atoms with Gasteiger partial charge in [0, 0.05) is 11.4 Å². The topological polar surface area (TPSA) is 69.6 Å². The van der Waals surface area contributed by atoms with Gasteiger partial charge in [-0.3, -0.25) is 14.5 Å². The van der Waals surface area contributed by atoms with Crippen molar-refractivity contribution >= 4 is 47.2 Å². The first kappa shape index (κ1) is 17.2. The summed E-state index contributed by atoms with van der Waals surface area (Å²) in [5.41, 5.74) is 0. The van der Waals surface area contributed by atoms with Gasteiger partial charge < -0.3 is 10.4 Å². The molecule has 8 heteroatoms. The van der Waals surface area contributed by atoms with Gasteiger partial charge in [-0.1, -0.05) is 11.6 Å². The molecule has 1 aromatic rings. The monoisotopic (exact) mass is 312 g/mol. The number of nitrogens with one attached hydrogen (secondary N) is 1. The SMILES string of the molecule is CN(CC(=O)NCC(=O)O)Cc1ccc(Cl)s1.Cl. The Morgan fingerprint density at radius 2 is 2.17 bits per heavy atom. The van der Waals surface area contributed by atoms with Gasteiger partial charge in [0.2, 0.25) is 5.91 Å². The summed E-state index contributed by atoms with van der Waals surface area (Å²) in [7, 11) is 1.79. The van der Waals surface area contributed by atoms with Gasteiger partial charge in [-0.05, 0) is 19.2 Å². The fraction of sp³-hybridized carbons (Fsp3) is 0.400. The van der Waals surface area contributed by atoms with E-state index in [0.29, 0.717) is 10.9 Å². The van der Waals surface area contributed by atoms with Crippen molar-refractivity contribution in [3.8, 4) is 0 Å². The number of nitrogens with zero attached hydrogens (tertiary/aromatic N) is 1. The molecule has 0 aromatic carbocycles. The van der Waals surface area contributed by atoms with E-state index in [9.17, 15) is 9.59 Å². The molecule has 0 aliphatic rings. The van der Waals surface area contributed by atoms with Crippen molar-refractivity contribution in [3.05, 3.63) is 21.3 Å². The summed E-state index contributed by atoms with van der Waals surface area (Å²) in [6.45, 7) is 0.415. The Labute approximate surface area is 120 Å². The number of hydrogen-bond acceptors (Lipinski definition) is 4. The predicted molar refractivity (Wildman–Crippen MR) is 73.6 cm³/mol. The molecule has 0 bridgehead atoms. The van der Waals surface area contributed by atoms with Crippen LogP contribution in [0.25, 0.3) is 0 Å². The average molecular weight is 313 g/mol. The molecule has 5 nitrogen and oxygen atoms in total. The summed E-state index contributed by atoms with van der Waals surface area (Å²) in [5, 5.41) is 10.7. The van der Waals surface area contributed by atoms with Crippen LogP contribution in [0.5, 0.6) is 0 Å². The van der Waals surface area contributed by atoms with Crippen LogP contribution in [0, 0.1) is 0 Å². The molecule has 0 unspecified atom stereocenters. The van der Waals surface area contributed by atoms with Crippen molar-refractivity contribution in [2.45, 2.75) is 6.54 Å². The highest BCUT2D eigenvalue weighted by molar-refractivity contribution is 7.16. The average Bonchev–Trinajstić information content (AvgIpc) is 2.60. The third kappa shape index (κ3) is 6.80. The number of carboxylic acids is 1. The summed E-state index contributed by atoms with van der Waals surface area (Å²) < 4.78 is 0.712. The normalized spacial score (nSPS) is 9.94. The molecule has 1 rings (SSSR count). The Kier molecular flexibility index (Phi) is 7.93. The number of likely N-dealkylation sites (N-methyl/N-ethyl adjacent to an activating group) is 1. The molecule has 2 N–H and O–H groups in total. The molecule has 1 amide bonds. The second-order valence-electron chi connectivity index (χ2n) is 3.55. The molecule has 0 saturated carbocycles. The summed E-state index contributed by atoms with van der Waals surface area (Å²) in [6.07, 6.45) is 0. The molecular formula is C10H14Cl2N2O3S. The summed E-state index contributed by atoms with van der Waals surface area (Å²) >= 11 is 7.25. The van der Waals surface area contributed by atoms with E-state index in [1.54, 1.807) is 18.0 Å². The minimum Gasteiger partial charge on any atom is -0.480 e. The first-order valence-corrected chi connectivity index (χ1v) is 6.08. The van der Waals surface area contributed by atoms with Crippen molar-refractivity contribution in [1.82, 2.24) is 10.2 Å².